The van der Waals surface area contributed by atoms with Crippen LogP contribution in [-0.2, 0) is 4.79 Å². The van der Waals surface area contributed by atoms with Gasteiger partial charge in [-0.2, -0.15) is 0 Å². The monoisotopic (exact) mass is 242 g/mol. The molecule has 4 nitrogen and oxygen atoms in total. The third-order valence-corrected chi connectivity index (χ3v) is 3.45. The van der Waals surface area contributed by atoms with Gasteiger partial charge in [-0.1, -0.05) is 0 Å². The molecule has 0 aromatic rings. The predicted molar refractivity (Wildman–Crippen MR) is 68.8 cm³/mol. The Hall–Kier alpha value is -0.610. The number of aliphatic hydroxyl groups is 1. The molecule has 1 aliphatic rings. The maximum Gasteiger partial charge on any atom is 0.237 e. The first-order valence-corrected chi connectivity index (χ1v) is 6.63. The Labute approximate surface area is 105 Å². The fraction of sp³-hybridized carbons (Fsp3) is 0.923. The van der Waals surface area contributed by atoms with Gasteiger partial charge in [-0.25, -0.2) is 0 Å². The highest BCUT2D eigenvalue weighted by Crippen LogP contribution is 2.17. The first kappa shape index (κ1) is 14.5. The first-order valence-electron chi connectivity index (χ1n) is 6.63. The van der Waals surface area contributed by atoms with Crippen molar-refractivity contribution in [1.29, 1.82) is 0 Å². The molecule has 1 rings (SSSR count). The van der Waals surface area contributed by atoms with Crippen LogP contribution in [0.15, 0.2) is 0 Å². The highest BCUT2D eigenvalue weighted by molar-refractivity contribution is 5.79. The smallest absolute Gasteiger partial charge is 0.237 e. The standard InChI is InChI=1S/C13H26N2O2/c1-10(2)15(11(3)4)13(17)8-14-7-5-6-12(14)9-16/h10-12,16H,5-9H2,1-4H3/t12-/m1/s1. The highest BCUT2D eigenvalue weighted by Gasteiger charge is 2.28. The molecule has 0 saturated carbocycles. The van der Waals surface area contributed by atoms with Gasteiger partial charge in [0.25, 0.3) is 0 Å². The third-order valence-electron chi connectivity index (χ3n) is 3.45. The van der Waals surface area contributed by atoms with Crippen LogP contribution in [0.4, 0.5) is 0 Å². The van der Waals surface area contributed by atoms with E-state index in [0.717, 1.165) is 19.4 Å². The van der Waals surface area contributed by atoms with Gasteiger partial charge in [-0.3, -0.25) is 9.69 Å². The van der Waals surface area contributed by atoms with Gasteiger partial charge in [0.15, 0.2) is 0 Å². The number of aliphatic hydroxyl groups excluding tert-OH is 1. The van der Waals surface area contributed by atoms with Gasteiger partial charge >= 0.3 is 0 Å². The topological polar surface area (TPSA) is 43.8 Å². The normalized spacial score (nSPS) is 21.5. The molecule has 1 fully saturated rings. The summed E-state index contributed by atoms with van der Waals surface area (Å²) in [6, 6.07) is 0.649. The maximum absolute atomic E-state index is 12.2. The van der Waals surface area contributed by atoms with E-state index in [1.165, 1.54) is 0 Å². The molecule has 0 aliphatic carbocycles. The summed E-state index contributed by atoms with van der Waals surface area (Å²) < 4.78 is 0. The second-order valence-electron chi connectivity index (χ2n) is 5.44. The van der Waals surface area contributed by atoms with Crippen LogP contribution < -0.4 is 0 Å². The number of amides is 1. The van der Waals surface area contributed by atoms with Gasteiger partial charge in [0.1, 0.15) is 0 Å². The fourth-order valence-electron chi connectivity index (χ4n) is 2.74. The van der Waals surface area contributed by atoms with E-state index in [0.29, 0.717) is 6.54 Å². The van der Waals surface area contributed by atoms with E-state index < -0.39 is 0 Å². The quantitative estimate of drug-likeness (QED) is 0.785. The van der Waals surface area contributed by atoms with Gasteiger partial charge in [0.05, 0.1) is 13.2 Å². The van der Waals surface area contributed by atoms with Gasteiger partial charge in [0, 0.05) is 18.1 Å². The second kappa shape index (κ2) is 6.36. The molecule has 0 spiro atoms. The van der Waals surface area contributed by atoms with Crippen LogP contribution in [0.5, 0.6) is 0 Å². The van der Waals surface area contributed by atoms with Crippen molar-refractivity contribution in [3.8, 4) is 0 Å². The van der Waals surface area contributed by atoms with E-state index in [-0.39, 0.29) is 30.6 Å². The Morgan fingerprint density at radius 2 is 1.94 bits per heavy atom. The molecule has 1 heterocycles. The molecule has 0 bridgehead atoms. The lowest BCUT2D eigenvalue weighted by Crippen LogP contribution is -2.48. The Kier molecular flexibility index (Phi) is 5.40. The lowest BCUT2D eigenvalue weighted by Gasteiger charge is -2.33. The van der Waals surface area contributed by atoms with Crippen LogP contribution in [0.3, 0.4) is 0 Å². The number of likely N-dealkylation sites (tertiary alicyclic amines) is 1. The van der Waals surface area contributed by atoms with Gasteiger partial charge in [-0.15, -0.1) is 0 Å². The zero-order valence-electron chi connectivity index (χ0n) is 11.5. The summed E-state index contributed by atoms with van der Waals surface area (Å²) in [7, 11) is 0. The van der Waals surface area contributed by atoms with E-state index >= 15 is 0 Å². The number of nitrogens with zero attached hydrogens (tertiary/aromatic N) is 2. The molecule has 100 valence electrons. The van der Waals surface area contributed by atoms with Crippen LogP contribution in [0.2, 0.25) is 0 Å². The molecule has 0 radical (unpaired) electrons. The molecule has 0 unspecified atom stereocenters. The average Bonchev–Trinajstić information content (AvgIpc) is 2.63. The first-order chi connectivity index (χ1) is 7.97. The summed E-state index contributed by atoms with van der Waals surface area (Å²) in [6.07, 6.45) is 2.09. The number of rotatable bonds is 5. The van der Waals surface area contributed by atoms with Crippen molar-refractivity contribution in [3.63, 3.8) is 0 Å². The zero-order valence-corrected chi connectivity index (χ0v) is 11.5. The van der Waals surface area contributed by atoms with Crippen LogP contribution in [0.1, 0.15) is 40.5 Å². The van der Waals surface area contributed by atoms with E-state index in [9.17, 15) is 9.90 Å². The Balaban J connectivity index is 2.57. The molecule has 4 heteroatoms. The second-order valence-corrected chi connectivity index (χ2v) is 5.44. The minimum absolute atomic E-state index is 0.163. The van der Waals surface area contributed by atoms with Gasteiger partial charge in [-0.05, 0) is 47.1 Å². The molecule has 1 aliphatic heterocycles. The van der Waals surface area contributed by atoms with Crippen molar-refractivity contribution >= 4 is 5.91 Å². The van der Waals surface area contributed by atoms with Crippen molar-refractivity contribution in [2.75, 3.05) is 19.7 Å². The lowest BCUT2D eigenvalue weighted by atomic mass is 10.2. The van der Waals surface area contributed by atoms with E-state index in [1.807, 2.05) is 32.6 Å². The molecular weight excluding hydrogens is 216 g/mol. The van der Waals surface area contributed by atoms with Crippen molar-refractivity contribution in [1.82, 2.24) is 9.80 Å². The zero-order chi connectivity index (χ0) is 13.0. The average molecular weight is 242 g/mol. The molecule has 0 aromatic carbocycles. The largest absolute Gasteiger partial charge is 0.395 e. The van der Waals surface area contributed by atoms with Crippen molar-refractivity contribution in [2.24, 2.45) is 0 Å². The molecular formula is C13H26N2O2. The minimum atomic E-state index is 0.163. The summed E-state index contributed by atoms with van der Waals surface area (Å²) >= 11 is 0. The Morgan fingerprint density at radius 3 is 2.41 bits per heavy atom. The summed E-state index contributed by atoms with van der Waals surface area (Å²) in [6.45, 7) is 9.73. The number of carbonyl (C=O) groups excluding carboxylic acids is 1. The number of hydrogen-bond acceptors (Lipinski definition) is 3. The number of hydrogen-bond donors (Lipinski definition) is 1. The molecule has 1 atom stereocenters. The van der Waals surface area contributed by atoms with Crippen molar-refractivity contribution < 1.29 is 9.90 Å². The Morgan fingerprint density at radius 1 is 1.35 bits per heavy atom. The van der Waals surface area contributed by atoms with E-state index in [2.05, 4.69) is 4.90 Å². The van der Waals surface area contributed by atoms with Crippen LogP contribution >= 0.6 is 0 Å². The summed E-state index contributed by atoms with van der Waals surface area (Å²) in [5.41, 5.74) is 0. The molecule has 1 saturated heterocycles. The van der Waals surface area contributed by atoms with Crippen LogP contribution in [0.25, 0.3) is 0 Å². The molecule has 17 heavy (non-hydrogen) atoms. The fourth-order valence-corrected chi connectivity index (χ4v) is 2.74. The van der Waals surface area contributed by atoms with Crippen LogP contribution in [0, 0.1) is 0 Å². The van der Waals surface area contributed by atoms with Gasteiger partial charge < -0.3 is 10.0 Å². The Bertz CT molecular complexity index is 246. The highest BCUT2D eigenvalue weighted by atomic mass is 16.3. The maximum atomic E-state index is 12.2. The summed E-state index contributed by atoms with van der Waals surface area (Å²) in [4.78, 5) is 16.3. The van der Waals surface area contributed by atoms with Crippen LogP contribution in [-0.4, -0.2) is 58.6 Å². The molecule has 1 N–H and O–H groups in total. The SMILES string of the molecule is CC(C)N(C(=O)CN1CCC[C@@H]1CO)C(C)C. The lowest BCUT2D eigenvalue weighted by molar-refractivity contribution is -0.136. The predicted octanol–water partition coefficient (Wildman–Crippen LogP) is 1.09. The molecule has 1 amide bonds. The van der Waals surface area contributed by atoms with E-state index in [4.69, 9.17) is 0 Å². The summed E-state index contributed by atoms with van der Waals surface area (Å²) in [5.74, 6) is 0.176. The molecule has 0 aromatic heterocycles. The van der Waals surface area contributed by atoms with Crippen molar-refractivity contribution in [3.05, 3.63) is 0 Å². The number of carbonyl (C=O) groups is 1. The summed E-state index contributed by atoms with van der Waals surface area (Å²) in [5, 5.41) is 9.24. The van der Waals surface area contributed by atoms with E-state index in [1.54, 1.807) is 0 Å². The minimum Gasteiger partial charge on any atom is -0.395 e. The third kappa shape index (κ3) is 3.68. The van der Waals surface area contributed by atoms with Crippen molar-refractivity contribution in [2.45, 2.75) is 58.7 Å². The van der Waals surface area contributed by atoms with Gasteiger partial charge in [0.2, 0.25) is 5.91 Å².